The van der Waals surface area contributed by atoms with E-state index < -0.39 is 0 Å². The average Bonchev–Trinajstić information content (AvgIpc) is 2.73. The van der Waals surface area contributed by atoms with Crippen LogP contribution in [0.2, 0.25) is 0 Å². The Hall–Kier alpha value is -3.26. The first kappa shape index (κ1) is 21.4. The minimum atomic E-state index is 1.21. The number of anilines is 2. The van der Waals surface area contributed by atoms with Crippen molar-refractivity contribution >= 4 is 35.7 Å². The van der Waals surface area contributed by atoms with Crippen molar-refractivity contribution in [1.82, 2.24) is 0 Å². The van der Waals surface area contributed by atoms with Gasteiger partial charge in [-0.05, 0) is 71.5 Å². The van der Waals surface area contributed by atoms with Crippen molar-refractivity contribution in [3.63, 3.8) is 0 Å². The van der Waals surface area contributed by atoms with E-state index in [0.29, 0.717) is 0 Å². The number of hydrogen-bond acceptors (Lipinski definition) is 2. The fourth-order valence-electron chi connectivity index (χ4n) is 3.36. The van der Waals surface area contributed by atoms with Crippen LogP contribution in [0.3, 0.4) is 0 Å². The Bertz CT molecular complexity index is 950. The van der Waals surface area contributed by atoms with Crippen LogP contribution in [0.5, 0.6) is 0 Å². The molecule has 0 saturated heterocycles. The smallest absolute Gasteiger partial charge is 0.0361 e. The third-order valence-electron chi connectivity index (χ3n) is 5.38. The van der Waals surface area contributed by atoms with Crippen molar-refractivity contribution in [1.29, 1.82) is 0 Å². The van der Waals surface area contributed by atoms with Crippen molar-refractivity contribution in [3.05, 3.63) is 94.0 Å². The molecule has 0 heterocycles. The first-order chi connectivity index (χ1) is 14.3. The molecular weight excluding hydrogens is 364 g/mol. The van der Waals surface area contributed by atoms with Gasteiger partial charge in [-0.1, -0.05) is 60.7 Å². The lowest BCUT2D eigenvalue weighted by molar-refractivity contribution is 1.13. The van der Waals surface area contributed by atoms with E-state index in [1.807, 2.05) is 0 Å². The molecule has 0 aromatic heterocycles. The molecule has 2 nitrogen and oxygen atoms in total. The van der Waals surface area contributed by atoms with E-state index in [9.17, 15) is 0 Å². The van der Waals surface area contributed by atoms with Crippen molar-refractivity contribution in [2.75, 3.05) is 38.0 Å². The normalized spacial score (nSPS) is 11.4. The summed E-state index contributed by atoms with van der Waals surface area (Å²) in [4.78, 5) is 4.23. The van der Waals surface area contributed by atoms with Crippen LogP contribution in [-0.2, 0) is 0 Å². The molecule has 3 rings (SSSR count). The molecule has 30 heavy (non-hydrogen) atoms. The second kappa shape index (κ2) is 9.49. The van der Waals surface area contributed by atoms with Gasteiger partial charge in [-0.3, -0.25) is 0 Å². The summed E-state index contributed by atoms with van der Waals surface area (Å²) >= 11 is 0. The predicted molar refractivity (Wildman–Crippen MR) is 135 cm³/mol. The van der Waals surface area contributed by atoms with E-state index in [1.54, 1.807) is 0 Å². The summed E-state index contributed by atoms with van der Waals surface area (Å²) in [5.74, 6) is 0. The zero-order valence-electron chi connectivity index (χ0n) is 19.0. The molecule has 0 saturated carbocycles. The molecule has 0 bridgehead atoms. The number of aryl methyl sites for hydroxylation is 2. The summed E-state index contributed by atoms with van der Waals surface area (Å²) < 4.78 is 0. The van der Waals surface area contributed by atoms with E-state index in [2.05, 4.69) is 137 Å². The number of rotatable bonds is 6. The monoisotopic (exact) mass is 396 g/mol. The van der Waals surface area contributed by atoms with Crippen LogP contribution in [0.1, 0.15) is 33.4 Å². The summed E-state index contributed by atoms with van der Waals surface area (Å²) in [6, 6.07) is 21.8. The van der Waals surface area contributed by atoms with Gasteiger partial charge >= 0.3 is 0 Å². The lowest BCUT2D eigenvalue weighted by Gasteiger charge is -2.12. The number of hydrogen-bond donors (Lipinski definition) is 0. The molecule has 0 amide bonds. The van der Waals surface area contributed by atoms with E-state index in [4.69, 9.17) is 0 Å². The Morgan fingerprint density at radius 3 is 1.13 bits per heavy atom. The standard InChI is InChI=1S/C28H32N2/c1-21-19-26(14-8-24-11-17-28(18-12-24)30(5)6)22(2)20-25(21)13-7-23-9-15-27(16-10-23)29(3)4/h7-20H,1-6H3/b13-7+,14-8+. The minimum Gasteiger partial charge on any atom is -0.378 e. The highest BCUT2D eigenvalue weighted by atomic mass is 15.1. The molecule has 154 valence electrons. The highest BCUT2D eigenvalue weighted by molar-refractivity contribution is 5.76. The fraction of sp³-hybridized carbons (Fsp3) is 0.214. The first-order valence-electron chi connectivity index (χ1n) is 10.4. The maximum Gasteiger partial charge on any atom is 0.0361 e. The zero-order valence-corrected chi connectivity index (χ0v) is 19.0. The maximum atomic E-state index is 2.27. The molecule has 0 aliphatic rings. The van der Waals surface area contributed by atoms with Crippen LogP contribution in [0, 0.1) is 13.8 Å². The summed E-state index contributed by atoms with van der Waals surface area (Å²) in [6.07, 6.45) is 8.78. The second-order valence-electron chi connectivity index (χ2n) is 8.20. The van der Waals surface area contributed by atoms with Crippen LogP contribution in [0.25, 0.3) is 24.3 Å². The lowest BCUT2D eigenvalue weighted by atomic mass is 9.98. The van der Waals surface area contributed by atoms with E-state index in [0.717, 1.165) is 0 Å². The van der Waals surface area contributed by atoms with Gasteiger partial charge in [0.2, 0.25) is 0 Å². The second-order valence-corrected chi connectivity index (χ2v) is 8.20. The van der Waals surface area contributed by atoms with Crippen LogP contribution in [-0.4, -0.2) is 28.2 Å². The van der Waals surface area contributed by atoms with E-state index in [1.165, 1.54) is 44.8 Å². The Labute approximate surface area is 181 Å². The molecular formula is C28H32N2. The number of nitrogens with zero attached hydrogens (tertiary/aromatic N) is 2. The van der Waals surface area contributed by atoms with Crippen LogP contribution in [0.15, 0.2) is 60.7 Å². The van der Waals surface area contributed by atoms with Crippen molar-refractivity contribution in [2.24, 2.45) is 0 Å². The quantitative estimate of drug-likeness (QED) is 0.424. The maximum absolute atomic E-state index is 2.27. The van der Waals surface area contributed by atoms with Gasteiger partial charge in [0.25, 0.3) is 0 Å². The van der Waals surface area contributed by atoms with Crippen molar-refractivity contribution < 1.29 is 0 Å². The summed E-state index contributed by atoms with van der Waals surface area (Å²) in [6.45, 7) is 4.36. The fourth-order valence-corrected chi connectivity index (χ4v) is 3.36. The molecule has 0 aliphatic heterocycles. The average molecular weight is 397 g/mol. The third-order valence-corrected chi connectivity index (χ3v) is 5.38. The molecule has 0 unspecified atom stereocenters. The van der Waals surface area contributed by atoms with Gasteiger partial charge in [-0.2, -0.15) is 0 Å². The molecule has 0 aliphatic carbocycles. The minimum absolute atomic E-state index is 1.21. The van der Waals surface area contributed by atoms with Gasteiger partial charge in [-0.15, -0.1) is 0 Å². The highest BCUT2D eigenvalue weighted by Crippen LogP contribution is 2.22. The summed E-state index contributed by atoms with van der Waals surface area (Å²) in [5, 5.41) is 0. The summed E-state index contributed by atoms with van der Waals surface area (Å²) in [5.41, 5.74) is 9.94. The molecule has 0 spiro atoms. The van der Waals surface area contributed by atoms with E-state index >= 15 is 0 Å². The highest BCUT2D eigenvalue weighted by Gasteiger charge is 2.02. The van der Waals surface area contributed by atoms with Crippen molar-refractivity contribution in [2.45, 2.75) is 13.8 Å². The predicted octanol–water partition coefficient (Wildman–Crippen LogP) is 6.78. The van der Waals surface area contributed by atoms with Gasteiger partial charge in [0, 0.05) is 39.6 Å². The SMILES string of the molecule is Cc1cc(/C=C/c2ccc(N(C)C)cc2)c(C)cc1/C=C/c1ccc(N(C)C)cc1. The molecule has 0 N–H and O–H groups in total. The lowest BCUT2D eigenvalue weighted by Crippen LogP contribution is -2.07. The molecule has 3 aromatic carbocycles. The Morgan fingerprint density at radius 2 is 0.833 bits per heavy atom. The molecule has 2 heteroatoms. The number of benzene rings is 3. The zero-order chi connectivity index (χ0) is 21.7. The van der Waals surface area contributed by atoms with Crippen LogP contribution >= 0.6 is 0 Å². The molecule has 0 radical (unpaired) electrons. The Morgan fingerprint density at radius 1 is 0.500 bits per heavy atom. The van der Waals surface area contributed by atoms with Gasteiger partial charge in [0.1, 0.15) is 0 Å². The van der Waals surface area contributed by atoms with Gasteiger partial charge in [-0.25, -0.2) is 0 Å². The molecule has 0 fully saturated rings. The Kier molecular flexibility index (Phi) is 6.79. The Balaban J connectivity index is 1.76. The summed E-state index contributed by atoms with van der Waals surface area (Å²) in [7, 11) is 8.25. The van der Waals surface area contributed by atoms with Gasteiger partial charge in [0.15, 0.2) is 0 Å². The largest absolute Gasteiger partial charge is 0.378 e. The van der Waals surface area contributed by atoms with E-state index in [-0.39, 0.29) is 0 Å². The molecule has 3 aromatic rings. The van der Waals surface area contributed by atoms with Crippen LogP contribution in [0.4, 0.5) is 11.4 Å². The first-order valence-corrected chi connectivity index (χ1v) is 10.4. The third kappa shape index (κ3) is 5.42. The van der Waals surface area contributed by atoms with Gasteiger partial charge < -0.3 is 9.80 Å². The van der Waals surface area contributed by atoms with Gasteiger partial charge in [0.05, 0.1) is 0 Å². The molecule has 0 atom stereocenters. The van der Waals surface area contributed by atoms with Crippen molar-refractivity contribution in [3.8, 4) is 0 Å². The van der Waals surface area contributed by atoms with Crippen LogP contribution < -0.4 is 9.80 Å². The topological polar surface area (TPSA) is 6.48 Å².